The van der Waals surface area contributed by atoms with Crippen LogP contribution < -0.4 is 0 Å². The van der Waals surface area contributed by atoms with Gasteiger partial charge in [-0.2, -0.15) is 0 Å². The van der Waals surface area contributed by atoms with E-state index >= 15 is 0 Å². The van der Waals surface area contributed by atoms with Crippen LogP contribution in [-0.4, -0.2) is 18.9 Å². The molecule has 0 aromatic carbocycles. The van der Waals surface area contributed by atoms with Crippen molar-refractivity contribution in [2.45, 2.75) is 19.3 Å². The van der Waals surface area contributed by atoms with Crippen LogP contribution in [0, 0.1) is 5.92 Å². The number of hydrogen-bond acceptors (Lipinski definition) is 3. The molecule has 0 radical (unpaired) electrons. The number of carbonyl (C=O) groups is 2. The van der Waals surface area contributed by atoms with E-state index in [4.69, 9.17) is 0 Å². The van der Waals surface area contributed by atoms with Crippen molar-refractivity contribution in [3.05, 3.63) is 12.2 Å². The van der Waals surface area contributed by atoms with Crippen LogP contribution >= 0.6 is 0 Å². The summed E-state index contributed by atoms with van der Waals surface area (Å²) in [5, 5.41) is 0. The van der Waals surface area contributed by atoms with Crippen molar-refractivity contribution in [2.24, 2.45) is 5.92 Å². The topological polar surface area (TPSA) is 43.4 Å². The van der Waals surface area contributed by atoms with Gasteiger partial charge < -0.3 is 4.74 Å². The summed E-state index contributed by atoms with van der Waals surface area (Å²) in [5.74, 6) is -0.979. The van der Waals surface area contributed by atoms with E-state index in [0.29, 0.717) is 12.8 Å². The molecule has 0 N–H and O–H groups in total. The van der Waals surface area contributed by atoms with Crippen molar-refractivity contribution in [2.75, 3.05) is 7.11 Å². The molecule has 1 aliphatic carbocycles. The number of rotatable bonds is 1. The number of ether oxygens (including phenoxy) is 1. The molecule has 1 rings (SSSR count). The monoisotopic (exact) mass is 168 g/mol. The van der Waals surface area contributed by atoms with E-state index in [9.17, 15) is 9.59 Å². The summed E-state index contributed by atoms with van der Waals surface area (Å²) in [7, 11) is 1.31. The summed E-state index contributed by atoms with van der Waals surface area (Å²) in [5.41, 5.74) is 0. The third kappa shape index (κ3) is 1.94. The maximum atomic E-state index is 11.3. The quantitative estimate of drug-likeness (QED) is 0.334. The number of ketones is 1. The highest BCUT2D eigenvalue weighted by atomic mass is 16.5. The number of methoxy groups -OCH3 is 1. The predicted molar refractivity (Wildman–Crippen MR) is 43.5 cm³/mol. The lowest BCUT2D eigenvalue weighted by Crippen LogP contribution is -2.23. The van der Waals surface area contributed by atoms with Crippen LogP contribution in [-0.2, 0) is 14.3 Å². The SMILES string of the molecule is COC(=O)[C@@H]1CC=CCCC1=O. The van der Waals surface area contributed by atoms with Gasteiger partial charge in [0.25, 0.3) is 0 Å². The second-order valence-electron chi connectivity index (χ2n) is 2.79. The van der Waals surface area contributed by atoms with Crippen molar-refractivity contribution in [1.82, 2.24) is 0 Å². The molecule has 0 unspecified atom stereocenters. The molecule has 0 saturated carbocycles. The van der Waals surface area contributed by atoms with E-state index < -0.39 is 11.9 Å². The Hall–Kier alpha value is -1.12. The van der Waals surface area contributed by atoms with E-state index in [1.165, 1.54) is 7.11 Å². The van der Waals surface area contributed by atoms with Gasteiger partial charge in [0.05, 0.1) is 7.11 Å². The number of carbonyl (C=O) groups excluding carboxylic acids is 2. The largest absolute Gasteiger partial charge is 0.468 e. The average Bonchev–Trinajstić information content (AvgIpc) is 2.28. The Labute approximate surface area is 71.4 Å². The van der Waals surface area contributed by atoms with Crippen molar-refractivity contribution >= 4 is 11.8 Å². The van der Waals surface area contributed by atoms with Crippen molar-refractivity contribution < 1.29 is 14.3 Å². The Balaban J connectivity index is 2.66. The minimum Gasteiger partial charge on any atom is -0.468 e. The fourth-order valence-corrected chi connectivity index (χ4v) is 1.25. The summed E-state index contributed by atoms with van der Waals surface area (Å²) in [6.07, 6.45) is 5.49. The van der Waals surface area contributed by atoms with Gasteiger partial charge in [0.1, 0.15) is 11.7 Å². The standard InChI is InChI=1S/C9H12O3/c1-12-9(11)7-5-3-2-4-6-8(7)10/h2-3,7H,4-6H2,1H3/t7-/m1/s1. The van der Waals surface area contributed by atoms with Crippen molar-refractivity contribution in [3.8, 4) is 0 Å². The zero-order valence-corrected chi connectivity index (χ0v) is 7.08. The van der Waals surface area contributed by atoms with E-state index in [1.54, 1.807) is 0 Å². The molecule has 0 spiro atoms. The van der Waals surface area contributed by atoms with Gasteiger partial charge in [-0.1, -0.05) is 12.2 Å². The van der Waals surface area contributed by atoms with E-state index in [0.717, 1.165) is 6.42 Å². The Morgan fingerprint density at radius 3 is 3.00 bits per heavy atom. The van der Waals surface area contributed by atoms with Gasteiger partial charge in [-0.15, -0.1) is 0 Å². The number of allylic oxidation sites excluding steroid dienone is 2. The number of hydrogen-bond donors (Lipinski definition) is 0. The maximum absolute atomic E-state index is 11.3. The molecule has 0 saturated heterocycles. The van der Waals surface area contributed by atoms with E-state index in [-0.39, 0.29) is 5.78 Å². The molecule has 3 nitrogen and oxygen atoms in total. The molecule has 1 aliphatic rings. The van der Waals surface area contributed by atoms with Gasteiger partial charge in [0.15, 0.2) is 0 Å². The number of Topliss-reactive ketones (excluding diaryl/α,β-unsaturated/α-hetero) is 1. The van der Waals surface area contributed by atoms with Crippen LogP contribution in [0.4, 0.5) is 0 Å². The minimum atomic E-state index is -0.561. The van der Waals surface area contributed by atoms with Gasteiger partial charge in [0.2, 0.25) is 0 Å². The van der Waals surface area contributed by atoms with Gasteiger partial charge in [-0.3, -0.25) is 9.59 Å². The summed E-state index contributed by atoms with van der Waals surface area (Å²) >= 11 is 0. The smallest absolute Gasteiger partial charge is 0.316 e. The van der Waals surface area contributed by atoms with Crippen LogP contribution in [0.3, 0.4) is 0 Å². The van der Waals surface area contributed by atoms with Crippen LogP contribution in [0.2, 0.25) is 0 Å². The summed E-state index contributed by atoms with van der Waals surface area (Å²) in [4.78, 5) is 22.3. The van der Waals surface area contributed by atoms with Gasteiger partial charge in [-0.25, -0.2) is 0 Å². The van der Waals surface area contributed by atoms with Crippen LogP contribution in [0.15, 0.2) is 12.2 Å². The Morgan fingerprint density at radius 1 is 1.58 bits per heavy atom. The lowest BCUT2D eigenvalue weighted by atomic mass is 10.00. The molecule has 0 amide bonds. The lowest BCUT2D eigenvalue weighted by molar-refractivity contribution is -0.149. The molecule has 0 heterocycles. The van der Waals surface area contributed by atoms with Crippen molar-refractivity contribution in [3.63, 3.8) is 0 Å². The third-order valence-electron chi connectivity index (χ3n) is 1.97. The normalized spacial score (nSPS) is 23.4. The first kappa shape index (κ1) is 8.97. The van der Waals surface area contributed by atoms with Gasteiger partial charge in [0, 0.05) is 6.42 Å². The molecule has 0 fully saturated rings. The molecule has 12 heavy (non-hydrogen) atoms. The first-order chi connectivity index (χ1) is 5.75. The van der Waals surface area contributed by atoms with E-state index in [1.807, 2.05) is 12.2 Å². The number of esters is 1. The molecule has 0 aromatic heterocycles. The molecule has 0 aliphatic heterocycles. The summed E-state index contributed by atoms with van der Waals surface area (Å²) < 4.78 is 4.52. The fourth-order valence-electron chi connectivity index (χ4n) is 1.25. The van der Waals surface area contributed by atoms with Gasteiger partial charge >= 0.3 is 5.97 Å². The molecular weight excluding hydrogens is 156 g/mol. The lowest BCUT2D eigenvalue weighted by Gasteiger charge is -2.08. The highest BCUT2D eigenvalue weighted by Gasteiger charge is 2.26. The van der Waals surface area contributed by atoms with Crippen molar-refractivity contribution in [1.29, 1.82) is 0 Å². The fraction of sp³-hybridized carbons (Fsp3) is 0.556. The summed E-state index contributed by atoms with van der Waals surface area (Å²) in [6.45, 7) is 0. The van der Waals surface area contributed by atoms with Crippen LogP contribution in [0.1, 0.15) is 19.3 Å². The Kier molecular flexibility index (Phi) is 3.02. The Bertz CT molecular complexity index is 218. The average molecular weight is 168 g/mol. The first-order valence-electron chi connectivity index (χ1n) is 4.01. The first-order valence-corrected chi connectivity index (χ1v) is 4.01. The molecular formula is C9H12O3. The van der Waals surface area contributed by atoms with Gasteiger partial charge in [-0.05, 0) is 12.8 Å². The zero-order chi connectivity index (χ0) is 8.97. The molecule has 1 atom stereocenters. The minimum absolute atomic E-state index is 0.00755. The molecule has 3 heteroatoms. The maximum Gasteiger partial charge on any atom is 0.316 e. The van der Waals surface area contributed by atoms with Crippen LogP contribution in [0.25, 0.3) is 0 Å². The second-order valence-corrected chi connectivity index (χ2v) is 2.79. The molecule has 66 valence electrons. The highest BCUT2D eigenvalue weighted by Crippen LogP contribution is 2.15. The van der Waals surface area contributed by atoms with E-state index in [2.05, 4.69) is 4.74 Å². The second kappa shape index (κ2) is 4.04. The highest BCUT2D eigenvalue weighted by molar-refractivity contribution is 5.99. The Morgan fingerprint density at radius 2 is 2.33 bits per heavy atom. The summed E-state index contributed by atoms with van der Waals surface area (Å²) in [6, 6.07) is 0. The molecule has 0 bridgehead atoms. The predicted octanol–water partition coefficient (Wildman–Crippen LogP) is 1.08. The zero-order valence-electron chi connectivity index (χ0n) is 7.08. The van der Waals surface area contributed by atoms with Crippen LogP contribution in [0.5, 0.6) is 0 Å². The molecule has 0 aromatic rings. The third-order valence-corrected chi connectivity index (χ3v) is 1.97.